The van der Waals surface area contributed by atoms with Gasteiger partial charge in [0, 0.05) is 0 Å². The van der Waals surface area contributed by atoms with Crippen LogP contribution in [0.25, 0.3) is 0 Å². The zero-order chi connectivity index (χ0) is 6.69. The van der Waals surface area contributed by atoms with E-state index in [1.807, 2.05) is 12.2 Å². The summed E-state index contributed by atoms with van der Waals surface area (Å²) in [5.41, 5.74) is 0.827. The second kappa shape index (κ2) is 2.81. The first-order valence-corrected chi connectivity index (χ1v) is 3.26. The summed E-state index contributed by atoms with van der Waals surface area (Å²) in [6, 6.07) is 0. The molecule has 50 valence electrons. The molecule has 0 saturated heterocycles. The summed E-state index contributed by atoms with van der Waals surface area (Å²) in [5.74, 6) is 0.597. The third-order valence-electron chi connectivity index (χ3n) is 1.54. The lowest BCUT2D eigenvalue weighted by Gasteiger charge is -2.07. The van der Waals surface area contributed by atoms with Crippen molar-refractivity contribution in [1.29, 1.82) is 0 Å². The SMILES string of the molecule is C[C@H]1C=CC(CF)=CC1. The smallest absolute Gasteiger partial charge is 0.114 e. The van der Waals surface area contributed by atoms with Crippen LogP contribution >= 0.6 is 0 Å². The molecular formula is C8H11F. The average molecular weight is 126 g/mol. The van der Waals surface area contributed by atoms with Crippen LogP contribution in [-0.4, -0.2) is 6.67 Å². The van der Waals surface area contributed by atoms with Gasteiger partial charge in [-0.1, -0.05) is 25.2 Å². The molecule has 0 aromatic rings. The van der Waals surface area contributed by atoms with Gasteiger partial charge >= 0.3 is 0 Å². The van der Waals surface area contributed by atoms with E-state index in [1.165, 1.54) is 0 Å². The van der Waals surface area contributed by atoms with Gasteiger partial charge in [0.05, 0.1) is 0 Å². The van der Waals surface area contributed by atoms with E-state index in [4.69, 9.17) is 0 Å². The molecule has 0 unspecified atom stereocenters. The van der Waals surface area contributed by atoms with Gasteiger partial charge in [-0.15, -0.1) is 0 Å². The summed E-state index contributed by atoms with van der Waals surface area (Å²) in [4.78, 5) is 0. The lowest BCUT2D eigenvalue weighted by molar-refractivity contribution is 0.544. The van der Waals surface area contributed by atoms with Crippen LogP contribution in [0.2, 0.25) is 0 Å². The molecular weight excluding hydrogens is 115 g/mol. The Morgan fingerprint density at radius 1 is 1.78 bits per heavy atom. The third kappa shape index (κ3) is 1.67. The Balaban J connectivity index is 2.52. The largest absolute Gasteiger partial charge is 0.246 e. The average Bonchev–Trinajstić information content (AvgIpc) is 1.90. The molecule has 0 aliphatic heterocycles. The molecule has 0 aromatic carbocycles. The van der Waals surface area contributed by atoms with Gasteiger partial charge in [-0.3, -0.25) is 0 Å². The Bertz CT molecular complexity index is 145. The lowest BCUT2D eigenvalue weighted by atomic mass is 9.99. The minimum Gasteiger partial charge on any atom is -0.246 e. The van der Waals surface area contributed by atoms with E-state index < -0.39 is 0 Å². The number of alkyl halides is 1. The maximum absolute atomic E-state index is 11.9. The highest BCUT2D eigenvalue weighted by Gasteiger charge is 2.01. The highest BCUT2D eigenvalue weighted by molar-refractivity contribution is 5.23. The van der Waals surface area contributed by atoms with Gasteiger partial charge < -0.3 is 0 Å². The summed E-state index contributed by atoms with van der Waals surface area (Å²) < 4.78 is 11.9. The molecule has 0 heterocycles. The molecule has 0 spiro atoms. The molecule has 0 nitrogen and oxygen atoms in total. The maximum atomic E-state index is 11.9. The van der Waals surface area contributed by atoms with Gasteiger partial charge in [0.25, 0.3) is 0 Å². The molecule has 1 rings (SSSR count). The fourth-order valence-electron chi connectivity index (χ4n) is 0.871. The molecule has 0 N–H and O–H groups in total. The second-order valence-corrected chi connectivity index (χ2v) is 2.48. The number of hydrogen-bond acceptors (Lipinski definition) is 0. The summed E-state index contributed by atoms with van der Waals surface area (Å²) >= 11 is 0. The Morgan fingerprint density at radius 2 is 2.56 bits per heavy atom. The van der Waals surface area contributed by atoms with E-state index in [0.717, 1.165) is 12.0 Å². The highest BCUT2D eigenvalue weighted by Crippen LogP contribution is 2.15. The van der Waals surface area contributed by atoms with Crippen molar-refractivity contribution in [3.05, 3.63) is 23.8 Å². The van der Waals surface area contributed by atoms with E-state index in [1.54, 1.807) is 0 Å². The van der Waals surface area contributed by atoms with Crippen molar-refractivity contribution in [2.24, 2.45) is 5.92 Å². The monoisotopic (exact) mass is 126 g/mol. The molecule has 0 radical (unpaired) electrons. The maximum Gasteiger partial charge on any atom is 0.114 e. The molecule has 1 aliphatic carbocycles. The first kappa shape index (κ1) is 6.53. The van der Waals surface area contributed by atoms with Crippen LogP contribution in [0.15, 0.2) is 23.8 Å². The molecule has 0 fully saturated rings. The molecule has 1 aliphatic rings. The van der Waals surface area contributed by atoms with Crippen molar-refractivity contribution < 1.29 is 4.39 Å². The molecule has 0 amide bonds. The fourth-order valence-corrected chi connectivity index (χ4v) is 0.871. The quantitative estimate of drug-likeness (QED) is 0.506. The normalized spacial score (nSPS) is 26.0. The molecule has 0 saturated carbocycles. The Hall–Kier alpha value is -0.590. The van der Waals surface area contributed by atoms with Crippen LogP contribution in [0.1, 0.15) is 13.3 Å². The van der Waals surface area contributed by atoms with Crippen LogP contribution in [0.4, 0.5) is 4.39 Å². The number of hydrogen-bond donors (Lipinski definition) is 0. The van der Waals surface area contributed by atoms with Crippen molar-refractivity contribution in [2.45, 2.75) is 13.3 Å². The zero-order valence-corrected chi connectivity index (χ0v) is 5.60. The van der Waals surface area contributed by atoms with E-state index in [2.05, 4.69) is 13.0 Å². The van der Waals surface area contributed by atoms with E-state index in [-0.39, 0.29) is 6.67 Å². The van der Waals surface area contributed by atoms with Gasteiger partial charge in [-0.2, -0.15) is 0 Å². The minimum absolute atomic E-state index is 0.316. The van der Waals surface area contributed by atoms with Crippen LogP contribution in [0.3, 0.4) is 0 Å². The fraction of sp³-hybridized carbons (Fsp3) is 0.500. The lowest BCUT2D eigenvalue weighted by Crippen LogP contribution is -1.94. The van der Waals surface area contributed by atoms with Gasteiger partial charge in [0.15, 0.2) is 0 Å². The Labute approximate surface area is 55.1 Å². The predicted molar refractivity (Wildman–Crippen MR) is 37.0 cm³/mol. The summed E-state index contributed by atoms with van der Waals surface area (Å²) in [6.07, 6.45) is 6.88. The van der Waals surface area contributed by atoms with Crippen LogP contribution in [-0.2, 0) is 0 Å². The van der Waals surface area contributed by atoms with Crippen molar-refractivity contribution in [2.75, 3.05) is 6.67 Å². The molecule has 0 aromatic heterocycles. The van der Waals surface area contributed by atoms with E-state index in [9.17, 15) is 4.39 Å². The van der Waals surface area contributed by atoms with Crippen molar-refractivity contribution in [3.63, 3.8) is 0 Å². The van der Waals surface area contributed by atoms with E-state index >= 15 is 0 Å². The molecule has 0 bridgehead atoms. The third-order valence-corrected chi connectivity index (χ3v) is 1.54. The summed E-state index contributed by atoms with van der Waals surface area (Å²) in [5, 5.41) is 0. The Kier molecular flexibility index (Phi) is 2.04. The van der Waals surface area contributed by atoms with Crippen molar-refractivity contribution in [3.8, 4) is 0 Å². The predicted octanol–water partition coefficient (Wildman–Crippen LogP) is 2.48. The van der Waals surface area contributed by atoms with Crippen molar-refractivity contribution in [1.82, 2.24) is 0 Å². The van der Waals surface area contributed by atoms with Crippen LogP contribution < -0.4 is 0 Å². The van der Waals surface area contributed by atoms with Gasteiger partial charge in [0.1, 0.15) is 6.67 Å². The molecule has 9 heavy (non-hydrogen) atoms. The van der Waals surface area contributed by atoms with Gasteiger partial charge in [-0.25, -0.2) is 4.39 Å². The first-order valence-electron chi connectivity index (χ1n) is 3.26. The summed E-state index contributed by atoms with van der Waals surface area (Å²) in [7, 11) is 0. The topological polar surface area (TPSA) is 0 Å². The first-order chi connectivity index (χ1) is 4.33. The van der Waals surface area contributed by atoms with Crippen molar-refractivity contribution >= 4 is 0 Å². The minimum atomic E-state index is -0.316. The number of rotatable bonds is 1. The number of halogens is 1. The standard InChI is InChI=1S/C8H11F/c1-7-2-4-8(6-9)5-3-7/h2,4-5,7H,3,6H2,1H3/t7-/m0/s1. The number of allylic oxidation sites excluding steroid dienone is 4. The summed E-state index contributed by atoms with van der Waals surface area (Å²) in [6.45, 7) is 1.81. The molecule has 1 heteroatoms. The van der Waals surface area contributed by atoms with E-state index in [0.29, 0.717) is 5.92 Å². The molecule has 1 atom stereocenters. The Morgan fingerprint density at radius 3 is 3.00 bits per heavy atom. The second-order valence-electron chi connectivity index (χ2n) is 2.48. The van der Waals surface area contributed by atoms with Gasteiger partial charge in [0.2, 0.25) is 0 Å². The van der Waals surface area contributed by atoms with Crippen LogP contribution in [0.5, 0.6) is 0 Å². The zero-order valence-electron chi connectivity index (χ0n) is 5.60. The highest BCUT2D eigenvalue weighted by atomic mass is 19.1. The van der Waals surface area contributed by atoms with Crippen LogP contribution in [0, 0.1) is 5.92 Å². The van der Waals surface area contributed by atoms with Gasteiger partial charge in [-0.05, 0) is 17.9 Å².